The molecule has 0 radical (unpaired) electrons. The second kappa shape index (κ2) is 6.89. The van der Waals surface area contributed by atoms with Crippen molar-refractivity contribution in [1.82, 2.24) is 0 Å². The molecule has 2 heteroatoms. The molecule has 0 amide bonds. The van der Waals surface area contributed by atoms with Gasteiger partial charge in [0.25, 0.3) is 0 Å². The van der Waals surface area contributed by atoms with Crippen LogP contribution in [0.1, 0.15) is 44.2 Å². The van der Waals surface area contributed by atoms with Crippen molar-refractivity contribution in [1.29, 1.82) is 0 Å². The Labute approximate surface area is 103 Å². The zero-order valence-corrected chi connectivity index (χ0v) is 10.6. The van der Waals surface area contributed by atoms with Gasteiger partial charge >= 0.3 is 5.97 Å². The molecule has 92 valence electrons. The van der Waals surface area contributed by atoms with Crippen molar-refractivity contribution in [2.75, 3.05) is 0 Å². The molecule has 0 saturated heterocycles. The van der Waals surface area contributed by atoms with E-state index in [0.29, 0.717) is 0 Å². The normalized spacial score (nSPS) is 11.5. The Morgan fingerprint density at radius 2 is 1.88 bits per heavy atom. The van der Waals surface area contributed by atoms with Gasteiger partial charge in [0.2, 0.25) is 0 Å². The summed E-state index contributed by atoms with van der Waals surface area (Å²) < 4.78 is 0. The zero-order valence-electron chi connectivity index (χ0n) is 10.6. The number of allylic oxidation sites excluding steroid dienone is 1. The highest BCUT2D eigenvalue weighted by Gasteiger charge is 2.02. The fraction of sp³-hybridized carbons (Fsp3) is 0.400. The van der Waals surface area contributed by atoms with E-state index in [4.69, 9.17) is 5.11 Å². The number of unbranched alkanes of at least 4 members (excludes halogenated alkanes) is 1. The summed E-state index contributed by atoms with van der Waals surface area (Å²) in [4.78, 5) is 10.7. The molecule has 1 N–H and O–H groups in total. The molecule has 0 saturated carbocycles. The van der Waals surface area contributed by atoms with E-state index in [1.54, 1.807) is 0 Å². The number of carbonyl (C=O) groups is 1. The lowest BCUT2D eigenvalue weighted by atomic mass is 10.00. The van der Waals surface area contributed by atoms with E-state index < -0.39 is 5.97 Å². The Bertz CT molecular complexity index is 388. The lowest BCUT2D eigenvalue weighted by Crippen LogP contribution is -1.92. The van der Waals surface area contributed by atoms with Gasteiger partial charge in [0.1, 0.15) is 0 Å². The predicted molar refractivity (Wildman–Crippen MR) is 71.0 cm³/mol. The number of hydrogen-bond donors (Lipinski definition) is 1. The third-order valence-electron chi connectivity index (χ3n) is 2.82. The van der Waals surface area contributed by atoms with E-state index in [2.05, 4.69) is 19.1 Å². The van der Waals surface area contributed by atoms with Crippen LogP contribution in [0.15, 0.2) is 30.3 Å². The van der Waals surface area contributed by atoms with Crippen LogP contribution in [-0.4, -0.2) is 11.1 Å². The van der Waals surface area contributed by atoms with Gasteiger partial charge < -0.3 is 5.11 Å². The minimum Gasteiger partial charge on any atom is -0.478 e. The maximum absolute atomic E-state index is 10.7. The Kier molecular flexibility index (Phi) is 5.47. The topological polar surface area (TPSA) is 37.3 Å². The van der Waals surface area contributed by atoms with Crippen molar-refractivity contribution < 1.29 is 9.90 Å². The van der Waals surface area contributed by atoms with E-state index in [1.165, 1.54) is 24.5 Å². The minimum atomic E-state index is -0.878. The van der Waals surface area contributed by atoms with Crippen LogP contribution in [0.3, 0.4) is 0 Å². The van der Waals surface area contributed by atoms with Gasteiger partial charge in [0.15, 0.2) is 0 Å². The number of carboxylic acids is 1. The van der Waals surface area contributed by atoms with Crippen LogP contribution in [0, 0.1) is 0 Å². The molecule has 17 heavy (non-hydrogen) atoms. The fourth-order valence-electron chi connectivity index (χ4n) is 1.80. The minimum absolute atomic E-state index is 0.737. The Morgan fingerprint density at radius 1 is 1.24 bits per heavy atom. The van der Waals surface area contributed by atoms with Crippen molar-refractivity contribution in [3.05, 3.63) is 41.5 Å². The van der Waals surface area contributed by atoms with Crippen LogP contribution in [-0.2, 0) is 11.2 Å². The van der Waals surface area contributed by atoms with Crippen molar-refractivity contribution in [2.24, 2.45) is 0 Å². The zero-order chi connectivity index (χ0) is 12.7. The maximum Gasteiger partial charge on any atom is 0.328 e. The molecular formula is C15H20O2. The molecular weight excluding hydrogens is 212 g/mol. The summed E-state index contributed by atoms with van der Waals surface area (Å²) in [7, 11) is 0. The Balaban J connectivity index is 2.81. The van der Waals surface area contributed by atoms with Gasteiger partial charge in [-0.2, -0.15) is 0 Å². The fourth-order valence-corrected chi connectivity index (χ4v) is 1.80. The third kappa shape index (κ3) is 4.43. The molecule has 2 nitrogen and oxygen atoms in total. The summed E-state index contributed by atoms with van der Waals surface area (Å²) in [6, 6.07) is 8.22. The lowest BCUT2D eigenvalue weighted by molar-refractivity contribution is -0.131. The lowest BCUT2D eigenvalue weighted by Gasteiger charge is -2.06. The molecule has 0 atom stereocenters. The monoisotopic (exact) mass is 232 g/mol. The molecule has 0 aliphatic rings. The largest absolute Gasteiger partial charge is 0.478 e. The summed E-state index contributed by atoms with van der Waals surface area (Å²) in [6.07, 6.45) is 5.52. The van der Waals surface area contributed by atoms with Crippen LogP contribution in [0.5, 0.6) is 0 Å². The number of hydrogen-bond acceptors (Lipinski definition) is 1. The molecule has 0 spiro atoms. The molecule has 0 aliphatic carbocycles. The first kappa shape index (κ1) is 13.5. The average molecular weight is 232 g/mol. The van der Waals surface area contributed by atoms with Crippen LogP contribution in [0.25, 0.3) is 5.57 Å². The van der Waals surface area contributed by atoms with E-state index in [0.717, 1.165) is 24.0 Å². The van der Waals surface area contributed by atoms with Gasteiger partial charge in [-0.05, 0) is 36.0 Å². The van der Waals surface area contributed by atoms with Crippen molar-refractivity contribution in [2.45, 2.75) is 39.5 Å². The highest BCUT2D eigenvalue weighted by atomic mass is 16.4. The van der Waals surface area contributed by atoms with Crippen LogP contribution in [0.4, 0.5) is 0 Å². The van der Waals surface area contributed by atoms with Gasteiger partial charge in [0, 0.05) is 6.08 Å². The molecule has 0 bridgehead atoms. The number of rotatable bonds is 6. The van der Waals surface area contributed by atoms with Gasteiger partial charge in [0.05, 0.1) is 0 Å². The highest BCUT2D eigenvalue weighted by Crippen LogP contribution is 2.19. The Hall–Kier alpha value is -1.57. The molecule has 0 fully saturated rings. The molecule has 0 heterocycles. The second-order valence-corrected chi connectivity index (χ2v) is 4.16. The average Bonchev–Trinajstić information content (AvgIpc) is 2.34. The molecule has 1 rings (SSSR count). The van der Waals surface area contributed by atoms with Gasteiger partial charge in [-0.25, -0.2) is 4.79 Å². The molecule has 0 unspecified atom stereocenters. The third-order valence-corrected chi connectivity index (χ3v) is 2.82. The van der Waals surface area contributed by atoms with Crippen molar-refractivity contribution in [3.8, 4) is 0 Å². The van der Waals surface area contributed by atoms with E-state index >= 15 is 0 Å². The SMILES string of the molecule is CCCCc1ccc(C(=CC(=O)O)CC)cc1. The summed E-state index contributed by atoms with van der Waals surface area (Å²) in [5.74, 6) is -0.878. The van der Waals surface area contributed by atoms with E-state index in [9.17, 15) is 4.79 Å². The molecule has 0 aromatic heterocycles. The van der Waals surface area contributed by atoms with Gasteiger partial charge in [-0.1, -0.05) is 44.5 Å². The smallest absolute Gasteiger partial charge is 0.328 e. The quantitative estimate of drug-likeness (QED) is 0.755. The van der Waals surface area contributed by atoms with Crippen LogP contribution in [0.2, 0.25) is 0 Å². The first-order chi connectivity index (χ1) is 8.17. The standard InChI is InChI=1S/C15H20O2/c1-3-5-6-12-7-9-14(10-8-12)13(4-2)11-15(16)17/h7-11H,3-6H2,1-2H3,(H,16,17). The Morgan fingerprint density at radius 3 is 2.35 bits per heavy atom. The second-order valence-electron chi connectivity index (χ2n) is 4.16. The summed E-state index contributed by atoms with van der Waals surface area (Å²) in [6.45, 7) is 4.15. The number of carboxylic acid groups (broad SMARTS) is 1. The first-order valence-corrected chi connectivity index (χ1v) is 6.20. The summed E-state index contributed by atoms with van der Waals surface area (Å²) in [5, 5.41) is 8.77. The number of benzene rings is 1. The molecule has 1 aromatic rings. The summed E-state index contributed by atoms with van der Waals surface area (Å²) >= 11 is 0. The van der Waals surface area contributed by atoms with E-state index in [-0.39, 0.29) is 0 Å². The molecule has 1 aromatic carbocycles. The predicted octanol–water partition coefficient (Wildman–Crippen LogP) is 3.91. The molecule has 0 aliphatic heterocycles. The van der Waals surface area contributed by atoms with E-state index in [1.807, 2.05) is 19.1 Å². The van der Waals surface area contributed by atoms with Crippen molar-refractivity contribution >= 4 is 11.5 Å². The highest BCUT2D eigenvalue weighted by molar-refractivity contribution is 5.89. The van der Waals surface area contributed by atoms with Gasteiger partial charge in [-0.3, -0.25) is 0 Å². The van der Waals surface area contributed by atoms with Gasteiger partial charge in [-0.15, -0.1) is 0 Å². The first-order valence-electron chi connectivity index (χ1n) is 6.20. The summed E-state index contributed by atoms with van der Waals surface area (Å²) in [5.41, 5.74) is 3.20. The number of aliphatic carboxylic acids is 1. The van der Waals surface area contributed by atoms with Crippen LogP contribution >= 0.6 is 0 Å². The van der Waals surface area contributed by atoms with Crippen LogP contribution < -0.4 is 0 Å². The van der Waals surface area contributed by atoms with Crippen molar-refractivity contribution in [3.63, 3.8) is 0 Å². The number of aryl methyl sites for hydroxylation is 1. The maximum atomic E-state index is 10.7.